The van der Waals surface area contributed by atoms with Gasteiger partial charge in [-0.25, -0.2) is 9.78 Å². The van der Waals surface area contributed by atoms with Gasteiger partial charge in [-0.3, -0.25) is 9.69 Å². The smallest absolute Gasteiger partial charge is 0.350 e. The maximum atomic E-state index is 13.1. The van der Waals surface area contributed by atoms with E-state index in [1.807, 2.05) is 0 Å². The number of hydrogen-bond donors (Lipinski definition) is 0. The molecule has 1 atom stereocenters. The normalized spacial score (nSPS) is 22.2. The molecule has 0 spiro atoms. The van der Waals surface area contributed by atoms with Crippen LogP contribution in [0.2, 0.25) is 0 Å². The van der Waals surface area contributed by atoms with Crippen LogP contribution >= 0.6 is 11.3 Å². The number of methoxy groups -OCH3 is 1. The molecule has 1 amide bonds. The van der Waals surface area contributed by atoms with Gasteiger partial charge in [0.2, 0.25) is 5.91 Å². The summed E-state index contributed by atoms with van der Waals surface area (Å²) < 4.78 is 39.7. The summed E-state index contributed by atoms with van der Waals surface area (Å²) in [5.41, 5.74) is 0.575. The molecule has 3 rings (SSSR count). The van der Waals surface area contributed by atoms with Crippen LogP contribution in [0.1, 0.15) is 40.5 Å². The Labute approximate surface area is 130 Å². The molecule has 10 heteroatoms. The molecule has 1 unspecified atom stereocenters. The largest absolute Gasteiger partial charge is 0.465 e. The van der Waals surface area contributed by atoms with Gasteiger partial charge < -0.3 is 4.74 Å². The zero-order chi connectivity index (χ0) is 16.1. The van der Waals surface area contributed by atoms with Crippen molar-refractivity contribution in [3.8, 4) is 0 Å². The summed E-state index contributed by atoms with van der Waals surface area (Å²) in [5.74, 6) is -0.886. The molecule has 1 aromatic rings. The minimum Gasteiger partial charge on any atom is -0.465 e. The molecule has 1 saturated carbocycles. The molecule has 120 valence electrons. The Hall–Kier alpha value is -1.55. The number of esters is 1. The van der Waals surface area contributed by atoms with Crippen LogP contribution in [0.15, 0.2) is 0 Å². The molecule has 22 heavy (non-hydrogen) atoms. The van der Waals surface area contributed by atoms with Gasteiger partial charge in [0.05, 0.1) is 12.8 Å². The van der Waals surface area contributed by atoms with Crippen molar-refractivity contribution in [3.05, 3.63) is 10.6 Å². The van der Waals surface area contributed by atoms with Crippen LogP contribution in [-0.2, 0) is 19.8 Å². The molecule has 1 aromatic heterocycles. The second kappa shape index (κ2) is 5.27. The first-order chi connectivity index (χ1) is 10.3. The molecular weight excluding hydrogens is 335 g/mol. The molecule has 7 nitrogen and oxygen atoms in total. The number of ether oxygens (including phenoxy) is 1. The molecule has 0 radical (unpaired) electrons. The average molecular weight is 348 g/mol. The van der Waals surface area contributed by atoms with Crippen LogP contribution < -0.4 is 4.90 Å². The third-order valence-corrected chi connectivity index (χ3v) is 5.88. The van der Waals surface area contributed by atoms with Crippen molar-refractivity contribution in [1.82, 2.24) is 4.98 Å². The lowest BCUT2D eigenvalue weighted by Crippen LogP contribution is -2.26. The van der Waals surface area contributed by atoms with Crippen LogP contribution in [0.25, 0.3) is 0 Å². The van der Waals surface area contributed by atoms with Gasteiger partial charge >= 0.3 is 16.2 Å². The number of amides is 1. The van der Waals surface area contributed by atoms with Crippen molar-refractivity contribution in [2.75, 3.05) is 18.6 Å². The molecule has 0 bridgehead atoms. The molecule has 0 aromatic carbocycles. The summed E-state index contributed by atoms with van der Waals surface area (Å²) >= 11 is 0.976. The zero-order valence-electron chi connectivity index (χ0n) is 11.6. The fourth-order valence-electron chi connectivity index (χ4n) is 2.36. The Kier molecular flexibility index (Phi) is 3.68. The standard InChI is InChI=1S/C12H13FN2O5S2/c1-20-11(17)10-9(6-2-3-6)14-12(21-10)15-5-7(4-8(15)16)22(13,18)19/h6-7H,2-5H2,1H3. The molecule has 1 saturated heterocycles. The Balaban J connectivity index is 1.92. The second-order valence-corrected chi connectivity index (χ2v) is 7.88. The van der Waals surface area contributed by atoms with Crippen LogP contribution in [0, 0.1) is 0 Å². The van der Waals surface area contributed by atoms with Gasteiger partial charge in [0, 0.05) is 18.9 Å². The third-order valence-electron chi connectivity index (χ3n) is 3.70. The lowest BCUT2D eigenvalue weighted by atomic mass is 10.2. The van der Waals surface area contributed by atoms with E-state index in [2.05, 4.69) is 4.98 Å². The van der Waals surface area contributed by atoms with Crippen LogP contribution in [0.3, 0.4) is 0 Å². The van der Waals surface area contributed by atoms with Crippen molar-refractivity contribution in [2.24, 2.45) is 0 Å². The van der Waals surface area contributed by atoms with E-state index >= 15 is 0 Å². The van der Waals surface area contributed by atoms with Crippen molar-refractivity contribution in [2.45, 2.75) is 30.4 Å². The van der Waals surface area contributed by atoms with Gasteiger partial charge in [-0.05, 0) is 12.8 Å². The van der Waals surface area contributed by atoms with E-state index in [4.69, 9.17) is 4.74 Å². The fraction of sp³-hybridized carbons (Fsp3) is 0.583. The quantitative estimate of drug-likeness (QED) is 0.600. The fourth-order valence-corrected chi connectivity index (χ4v) is 4.12. The van der Waals surface area contributed by atoms with Crippen molar-refractivity contribution in [1.29, 1.82) is 0 Å². The molecular formula is C12H13FN2O5S2. The minimum atomic E-state index is -4.78. The molecule has 2 heterocycles. The predicted molar refractivity (Wildman–Crippen MR) is 76.2 cm³/mol. The van der Waals surface area contributed by atoms with Gasteiger partial charge in [0.15, 0.2) is 5.13 Å². The number of carbonyl (C=O) groups excluding carboxylic acids is 2. The van der Waals surface area contributed by atoms with E-state index in [-0.39, 0.29) is 17.6 Å². The first-order valence-corrected chi connectivity index (χ1v) is 8.90. The average Bonchev–Trinajstić information content (AvgIpc) is 3.07. The number of anilines is 1. The van der Waals surface area contributed by atoms with E-state index in [0.717, 1.165) is 29.1 Å². The van der Waals surface area contributed by atoms with E-state index in [1.54, 1.807) is 0 Å². The van der Waals surface area contributed by atoms with Gasteiger partial charge in [0.1, 0.15) is 10.1 Å². The summed E-state index contributed by atoms with van der Waals surface area (Å²) in [5, 5.41) is -1.16. The molecule has 0 N–H and O–H groups in total. The number of rotatable bonds is 4. The highest BCUT2D eigenvalue weighted by Gasteiger charge is 2.41. The van der Waals surface area contributed by atoms with E-state index in [0.29, 0.717) is 10.6 Å². The SMILES string of the molecule is COC(=O)c1sc(N2CC(S(=O)(=O)F)CC2=O)nc1C1CC1. The highest BCUT2D eigenvalue weighted by Crippen LogP contribution is 2.45. The summed E-state index contributed by atoms with van der Waals surface area (Å²) in [6.07, 6.45) is 1.40. The topological polar surface area (TPSA) is 93.6 Å². The summed E-state index contributed by atoms with van der Waals surface area (Å²) in [7, 11) is -3.53. The van der Waals surface area contributed by atoms with Crippen molar-refractivity contribution in [3.63, 3.8) is 0 Å². The second-order valence-electron chi connectivity index (χ2n) is 5.28. The Morgan fingerprint density at radius 1 is 1.45 bits per heavy atom. The number of halogens is 1. The highest BCUT2D eigenvalue weighted by molar-refractivity contribution is 7.87. The molecule has 2 aliphatic rings. The number of thiazole rings is 1. The predicted octanol–water partition coefficient (Wildman–Crippen LogP) is 1.21. The van der Waals surface area contributed by atoms with Crippen LogP contribution in [0.5, 0.6) is 0 Å². The van der Waals surface area contributed by atoms with Crippen molar-refractivity contribution < 1.29 is 26.6 Å². The van der Waals surface area contributed by atoms with Gasteiger partial charge in [-0.2, -0.15) is 8.42 Å². The van der Waals surface area contributed by atoms with Gasteiger partial charge in [-0.1, -0.05) is 11.3 Å². The maximum absolute atomic E-state index is 13.1. The van der Waals surface area contributed by atoms with E-state index < -0.39 is 33.8 Å². The minimum absolute atomic E-state index is 0.164. The Morgan fingerprint density at radius 2 is 2.14 bits per heavy atom. The van der Waals surface area contributed by atoms with Crippen LogP contribution in [-0.4, -0.2) is 44.2 Å². The first-order valence-electron chi connectivity index (χ1n) is 6.64. The number of nitrogens with zero attached hydrogens (tertiary/aromatic N) is 2. The molecule has 2 fully saturated rings. The Bertz CT molecular complexity index is 741. The van der Waals surface area contributed by atoms with E-state index in [9.17, 15) is 21.9 Å². The first kappa shape index (κ1) is 15.3. The van der Waals surface area contributed by atoms with Crippen molar-refractivity contribution >= 4 is 38.6 Å². The summed E-state index contributed by atoms with van der Waals surface area (Å²) in [6.45, 7) is -0.282. The highest BCUT2D eigenvalue weighted by atomic mass is 32.3. The summed E-state index contributed by atoms with van der Waals surface area (Å²) in [6, 6.07) is 0. The molecule has 1 aliphatic carbocycles. The van der Waals surface area contributed by atoms with Gasteiger partial charge in [-0.15, -0.1) is 3.89 Å². The zero-order valence-corrected chi connectivity index (χ0v) is 13.2. The Morgan fingerprint density at radius 3 is 2.64 bits per heavy atom. The number of carbonyl (C=O) groups is 2. The van der Waals surface area contributed by atoms with Gasteiger partial charge in [0.25, 0.3) is 0 Å². The molecule has 1 aliphatic heterocycles. The number of aromatic nitrogens is 1. The lowest BCUT2D eigenvalue weighted by Gasteiger charge is -2.11. The monoisotopic (exact) mass is 348 g/mol. The third kappa shape index (κ3) is 2.72. The maximum Gasteiger partial charge on any atom is 0.350 e. The lowest BCUT2D eigenvalue weighted by molar-refractivity contribution is -0.117. The van der Waals surface area contributed by atoms with Crippen LogP contribution in [0.4, 0.5) is 9.02 Å². The van der Waals surface area contributed by atoms with E-state index in [1.165, 1.54) is 7.11 Å². The summed E-state index contributed by atoms with van der Waals surface area (Å²) in [4.78, 5) is 29.5. The number of hydrogen-bond acceptors (Lipinski definition) is 7.